The fraction of sp³-hybridized carbons (Fsp3) is 1.00. The Labute approximate surface area is 107 Å². The molecule has 0 bridgehead atoms. The van der Waals surface area contributed by atoms with Crippen LogP contribution in [0.15, 0.2) is 0 Å². The van der Waals surface area contributed by atoms with Gasteiger partial charge in [0.05, 0.1) is 0 Å². The summed E-state index contributed by atoms with van der Waals surface area (Å²) in [6, 6.07) is 0. The Balaban J connectivity index is 1.59. The molecular formula is C16H29N. The average Bonchev–Trinajstić information content (AvgIpc) is 3.00. The lowest BCUT2D eigenvalue weighted by Gasteiger charge is -2.27. The molecule has 0 saturated heterocycles. The van der Waals surface area contributed by atoms with Gasteiger partial charge in [-0.1, -0.05) is 32.1 Å². The second kappa shape index (κ2) is 5.30. The van der Waals surface area contributed by atoms with E-state index in [0.717, 1.165) is 29.6 Å². The van der Waals surface area contributed by atoms with Crippen molar-refractivity contribution in [1.82, 2.24) is 5.32 Å². The van der Waals surface area contributed by atoms with Crippen LogP contribution in [-0.2, 0) is 0 Å². The molecule has 3 fully saturated rings. The van der Waals surface area contributed by atoms with Crippen LogP contribution in [0.25, 0.3) is 0 Å². The molecule has 1 nitrogen and oxygen atoms in total. The molecule has 0 aliphatic heterocycles. The molecule has 0 amide bonds. The molecule has 0 aromatic heterocycles. The van der Waals surface area contributed by atoms with Gasteiger partial charge in [0.25, 0.3) is 0 Å². The smallest absolute Gasteiger partial charge is 0.00180 e. The lowest BCUT2D eigenvalue weighted by Crippen LogP contribution is -2.16. The second-order valence-corrected chi connectivity index (χ2v) is 6.86. The maximum absolute atomic E-state index is 3.40. The zero-order valence-corrected chi connectivity index (χ0v) is 11.5. The van der Waals surface area contributed by atoms with Gasteiger partial charge < -0.3 is 5.32 Å². The van der Waals surface area contributed by atoms with Crippen molar-refractivity contribution in [3.8, 4) is 0 Å². The Bertz CT molecular complexity index is 228. The third-order valence-corrected chi connectivity index (χ3v) is 6.01. The lowest BCUT2D eigenvalue weighted by molar-refractivity contribution is 0.243. The predicted octanol–water partition coefficient (Wildman–Crippen LogP) is 3.84. The molecule has 0 heterocycles. The number of hydrogen-bond donors (Lipinski definition) is 1. The fourth-order valence-corrected chi connectivity index (χ4v) is 4.95. The van der Waals surface area contributed by atoms with Gasteiger partial charge in [0.15, 0.2) is 0 Å². The van der Waals surface area contributed by atoms with Crippen LogP contribution < -0.4 is 5.32 Å². The van der Waals surface area contributed by atoms with Crippen molar-refractivity contribution in [2.24, 2.45) is 29.6 Å². The van der Waals surface area contributed by atoms with E-state index in [9.17, 15) is 0 Å². The Morgan fingerprint density at radius 3 is 1.88 bits per heavy atom. The van der Waals surface area contributed by atoms with Gasteiger partial charge in [-0.15, -0.1) is 0 Å². The molecule has 3 saturated carbocycles. The second-order valence-electron chi connectivity index (χ2n) is 6.86. The minimum Gasteiger partial charge on any atom is -0.319 e. The maximum Gasteiger partial charge on any atom is -0.00180 e. The summed E-state index contributed by atoms with van der Waals surface area (Å²) in [5.41, 5.74) is 0. The van der Waals surface area contributed by atoms with Crippen LogP contribution in [0.3, 0.4) is 0 Å². The van der Waals surface area contributed by atoms with E-state index in [1.54, 1.807) is 38.5 Å². The summed E-state index contributed by atoms with van der Waals surface area (Å²) in [6.45, 7) is 1.28. The molecule has 4 atom stereocenters. The predicted molar refractivity (Wildman–Crippen MR) is 72.9 cm³/mol. The first-order valence-corrected chi connectivity index (χ1v) is 8.04. The van der Waals surface area contributed by atoms with Crippen molar-refractivity contribution in [3.63, 3.8) is 0 Å². The highest BCUT2D eigenvalue weighted by atomic mass is 14.8. The minimum absolute atomic E-state index is 1.04. The van der Waals surface area contributed by atoms with Gasteiger partial charge in [-0.2, -0.15) is 0 Å². The maximum atomic E-state index is 3.40. The molecule has 0 aromatic rings. The van der Waals surface area contributed by atoms with Gasteiger partial charge in [-0.05, 0) is 68.9 Å². The summed E-state index contributed by atoms with van der Waals surface area (Å²) < 4.78 is 0. The Morgan fingerprint density at radius 2 is 1.35 bits per heavy atom. The molecule has 0 radical (unpaired) electrons. The molecule has 4 unspecified atom stereocenters. The van der Waals surface area contributed by atoms with Gasteiger partial charge in [0, 0.05) is 0 Å². The highest BCUT2D eigenvalue weighted by molar-refractivity contribution is 4.99. The molecule has 3 aliphatic carbocycles. The molecule has 1 heteroatoms. The summed E-state index contributed by atoms with van der Waals surface area (Å²) in [6.07, 6.45) is 13.9. The van der Waals surface area contributed by atoms with Crippen LogP contribution in [0.1, 0.15) is 57.8 Å². The normalized spacial score (nSPS) is 46.1. The van der Waals surface area contributed by atoms with Crippen LogP contribution in [-0.4, -0.2) is 13.6 Å². The summed E-state index contributed by atoms with van der Waals surface area (Å²) >= 11 is 0. The quantitative estimate of drug-likeness (QED) is 0.767. The SMILES string of the molecule is CNCC1C2CCC3CCCCCC3CCC21. The Morgan fingerprint density at radius 1 is 0.765 bits per heavy atom. The first-order valence-electron chi connectivity index (χ1n) is 8.04. The van der Waals surface area contributed by atoms with Gasteiger partial charge in [0.2, 0.25) is 0 Å². The molecule has 0 spiro atoms. The summed E-state index contributed by atoms with van der Waals surface area (Å²) in [5.74, 6) is 5.46. The fourth-order valence-electron chi connectivity index (χ4n) is 4.95. The number of nitrogens with one attached hydrogen (secondary N) is 1. The topological polar surface area (TPSA) is 12.0 Å². The first kappa shape index (κ1) is 12.0. The number of fused-ring (bicyclic) bond motifs is 2. The summed E-state index contributed by atoms with van der Waals surface area (Å²) in [7, 11) is 2.12. The van der Waals surface area contributed by atoms with Crippen LogP contribution in [0.4, 0.5) is 0 Å². The Kier molecular flexibility index (Phi) is 3.75. The van der Waals surface area contributed by atoms with E-state index in [-0.39, 0.29) is 0 Å². The minimum atomic E-state index is 1.04. The monoisotopic (exact) mass is 235 g/mol. The Hall–Kier alpha value is -0.0400. The molecular weight excluding hydrogens is 206 g/mol. The van der Waals surface area contributed by atoms with Crippen LogP contribution >= 0.6 is 0 Å². The van der Waals surface area contributed by atoms with Gasteiger partial charge in [-0.3, -0.25) is 0 Å². The lowest BCUT2D eigenvalue weighted by atomic mass is 9.79. The van der Waals surface area contributed by atoms with E-state index in [1.807, 2.05) is 0 Å². The molecule has 1 N–H and O–H groups in total. The van der Waals surface area contributed by atoms with Crippen LogP contribution in [0.2, 0.25) is 0 Å². The third-order valence-electron chi connectivity index (χ3n) is 6.01. The van der Waals surface area contributed by atoms with Crippen LogP contribution in [0.5, 0.6) is 0 Å². The van der Waals surface area contributed by atoms with E-state index >= 15 is 0 Å². The molecule has 3 rings (SSSR count). The zero-order valence-electron chi connectivity index (χ0n) is 11.5. The third kappa shape index (κ3) is 2.54. The van der Waals surface area contributed by atoms with Gasteiger partial charge >= 0.3 is 0 Å². The highest BCUT2D eigenvalue weighted by Crippen LogP contribution is 2.55. The van der Waals surface area contributed by atoms with Crippen LogP contribution in [0, 0.1) is 29.6 Å². The summed E-state index contributed by atoms with van der Waals surface area (Å²) in [4.78, 5) is 0. The van der Waals surface area contributed by atoms with E-state index in [2.05, 4.69) is 12.4 Å². The molecule has 0 aromatic carbocycles. The van der Waals surface area contributed by atoms with Crippen molar-refractivity contribution in [2.75, 3.05) is 13.6 Å². The molecule has 17 heavy (non-hydrogen) atoms. The van der Waals surface area contributed by atoms with Crippen molar-refractivity contribution in [3.05, 3.63) is 0 Å². The first-order chi connectivity index (χ1) is 8.40. The summed E-state index contributed by atoms with van der Waals surface area (Å²) in [5, 5.41) is 3.40. The number of rotatable bonds is 2. The number of hydrogen-bond acceptors (Lipinski definition) is 1. The standard InChI is InChI=1S/C16H29N/c1-17-11-16-14-9-7-12-5-3-2-4-6-13(12)8-10-15(14)16/h12-17H,2-11H2,1H3. The van der Waals surface area contributed by atoms with Crippen molar-refractivity contribution in [2.45, 2.75) is 57.8 Å². The van der Waals surface area contributed by atoms with Crippen molar-refractivity contribution in [1.29, 1.82) is 0 Å². The van der Waals surface area contributed by atoms with Gasteiger partial charge in [-0.25, -0.2) is 0 Å². The highest BCUT2D eigenvalue weighted by Gasteiger charge is 2.49. The molecule has 3 aliphatic rings. The average molecular weight is 235 g/mol. The molecule has 98 valence electrons. The van der Waals surface area contributed by atoms with Crippen molar-refractivity contribution < 1.29 is 0 Å². The van der Waals surface area contributed by atoms with E-state index < -0.39 is 0 Å². The van der Waals surface area contributed by atoms with E-state index in [0.29, 0.717) is 0 Å². The van der Waals surface area contributed by atoms with Gasteiger partial charge in [0.1, 0.15) is 0 Å². The van der Waals surface area contributed by atoms with Crippen molar-refractivity contribution >= 4 is 0 Å². The zero-order chi connectivity index (χ0) is 11.7. The van der Waals surface area contributed by atoms with E-state index in [4.69, 9.17) is 0 Å². The van der Waals surface area contributed by atoms with E-state index in [1.165, 1.54) is 25.8 Å². The largest absolute Gasteiger partial charge is 0.319 e.